The molecule has 2 aliphatic heterocycles. The summed E-state index contributed by atoms with van der Waals surface area (Å²) in [4.78, 5) is 51.7. The first kappa shape index (κ1) is 20.6. The van der Waals surface area contributed by atoms with E-state index in [0.717, 1.165) is 24.2 Å². The summed E-state index contributed by atoms with van der Waals surface area (Å²) in [6.45, 7) is 1.19. The van der Waals surface area contributed by atoms with Crippen LogP contribution in [0, 0.1) is 0 Å². The molecule has 0 bridgehead atoms. The number of rotatable bonds is 6. The highest BCUT2D eigenvalue weighted by atomic mass is 16.2. The maximum absolute atomic E-state index is 12.3. The van der Waals surface area contributed by atoms with Crippen molar-refractivity contribution in [3.05, 3.63) is 54.1 Å². The molecular formula is C23H24N4O4. The van der Waals surface area contributed by atoms with E-state index in [9.17, 15) is 19.2 Å². The number of carbonyl (C=O) groups is 4. The Morgan fingerprint density at radius 2 is 1.48 bits per heavy atom. The molecule has 0 saturated carbocycles. The van der Waals surface area contributed by atoms with Gasteiger partial charge < -0.3 is 20.4 Å². The third-order valence-corrected chi connectivity index (χ3v) is 5.44. The first-order valence-corrected chi connectivity index (χ1v) is 10.4. The molecule has 0 atom stereocenters. The maximum atomic E-state index is 12.3. The van der Waals surface area contributed by atoms with Crippen molar-refractivity contribution in [1.82, 2.24) is 5.32 Å². The average molecular weight is 420 g/mol. The molecule has 2 fully saturated rings. The van der Waals surface area contributed by atoms with E-state index in [2.05, 4.69) is 10.6 Å². The molecule has 2 aliphatic rings. The zero-order valence-corrected chi connectivity index (χ0v) is 17.1. The minimum absolute atomic E-state index is 0.0795. The predicted octanol–water partition coefficient (Wildman–Crippen LogP) is 2.31. The van der Waals surface area contributed by atoms with Gasteiger partial charge in [0.05, 0.1) is 6.54 Å². The van der Waals surface area contributed by atoms with E-state index in [1.54, 1.807) is 52.3 Å². The summed E-state index contributed by atoms with van der Waals surface area (Å²) in [5.41, 5.74) is 2.50. The fourth-order valence-corrected chi connectivity index (χ4v) is 3.85. The van der Waals surface area contributed by atoms with Gasteiger partial charge in [0.25, 0.3) is 5.91 Å². The minimum atomic E-state index is -0.370. The zero-order chi connectivity index (χ0) is 21.8. The number of amides is 4. The smallest absolute Gasteiger partial charge is 0.251 e. The fourth-order valence-electron chi connectivity index (χ4n) is 3.85. The molecular weight excluding hydrogens is 396 g/mol. The van der Waals surface area contributed by atoms with Gasteiger partial charge in [-0.15, -0.1) is 0 Å². The van der Waals surface area contributed by atoms with Crippen LogP contribution in [-0.2, 0) is 14.4 Å². The molecule has 160 valence electrons. The van der Waals surface area contributed by atoms with Gasteiger partial charge in [-0.3, -0.25) is 19.2 Å². The number of hydrogen-bond donors (Lipinski definition) is 2. The van der Waals surface area contributed by atoms with E-state index in [1.165, 1.54) is 0 Å². The van der Waals surface area contributed by atoms with Gasteiger partial charge in [-0.05, 0) is 55.3 Å². The number of nitrogens with one attached hydrogen (secondary N) is 2. The molecule has 31 heavy (non-hydrogen) atoms. The van der Waals surface area contributed by atoms with Crippen LogP contribution in [0.25, 0.3) is 0 Å². The van der Waals surface area contributed by atoms with Crippen LogP contribution >= 0.6 is 0 Å². The van der Waals surface area contributed by atoms with Crippen molar-refractivity contribution in [3.63, 3.8) is 0 Å². The first-order valence-electron chi connectivity index (χ1n) is 10.4. The molecule has 0 unspecified atom stereocenters. The van der Waals surface area contributed by atoms with Crippen LogP contribution in [0.2, 0.25) is 0 Å². The number of hydrogen-bond acceptors (Lipinski definition) is 4. The Balaban J connectivity index is 1.30. The second kappa shape index (κ2) is 8.99. The summed E-state index contributed by atoms with van der Waals surface area (Å²) in [6, 6.07) is 13.9. The van der Waals surface area contributed by atoms with Crippen molar-refractivity contribution >= 4 is 40.7 Å². The monoisotopic (exact) mass is 420 g/mol. The van der Waals surface area contributed by atoms with Crippen LogP contribution in [0.5, 0.6) is 0 Å². The van der Waals surface area contributed by atoms with Crippen LogP contribution in [0.1, 0.15) is 36.0 Å². The molecule has 0 radical (unpaired) electrons. The number of benzene rings is 2. The lowest BCUT2D eigenvalue weighted by atomic mass is 10.2. The van der Waals surface area contributed by atoms with Crippen molar-refractivity contribution in [2.75, 3.05) is 34.8 Å². The molecule has 4 rings (SSSR count). The Bertz CT molecular complexity index is 1020. The Morgan fingerprint density at radius 3 is 2.10 bits per heavy atom. The van der Waals surface area contributed by atoms with Gasteiger partial charge in [-0.1, -0.05) is 6.07 Å². The Kier molecular flexibility index (Phi) is 5.97. The molecule has 2 aromatic rings. The number of carbonyl (C=O) groups excluding carboxylic acids is 4. The summed E-state index contributed by atoms with van der Waals surface area (Å²) < 4.78 is 0. The number of anilines is 3. The average Bonchev–Trinajstić information content (AvgIpc) is 3.40. The van der Waals surface area contributed by atoms with Gasteiger partial charge in [-0.2, -0.15) is 0 Å². The largest absolute Gasteiger partial charge is 0.343 e. The van der Waals surface area contributed by atoms with Gasteiger partial charge in [0.1, 0.15) is 0 Å². The molecule has 2 saturated heterocycles. The molecule has 2 N–H and O–H groups in total. The molecule has 4 amide bonds. The summed E-state index contributed by atoms with van der Waals surface area (Å²) in [6.07, 6.45) is 2.76. The van der Waals surface area contributed by atoms with Crippen LogP contribution < -0.4 is 20.4 Å². The van der Waals surface area contributed by atoms with Crippen molar-refractivity contribution in [3.8, 4) is 0 Å². The number of nitrogens with zero attached hydrogens (tertiary/aromatic N) is 2. The summed E-state index contributed by atoms with van der Waals surface area (Å²) in [5, 5.41) is 5.34. The zero-order valence-electron chi connectivity index (χ0n) is 17.1. The Morgan fingerprint density at radius 1 is 0.839 bits per heavy atom. The van der Waals surface area contributed by atoms with Crippen LogP contribution in [-0.4, -0.2) is 43.3 Å². The van der Waals surface area contributed by atoms with Gasteiger partial charge in [-0.25, -0.2) is 0 Å². The van der Waals surface area contributed by atoms with Crippen molar-refractivity contribution < 1.29 is 19.2 Å². The standard InChI is InChI=1S/C23H24N4O4/c28-20(25-17-4-1-5-19(14-17)27-13-3-7-22(27)30)15-24-23(31)16-8-10-18(11-9-16)26-12-2-6-21(26)29/h1,4-5,8-11,14H,2-3,6-7,12-13,15H2,(H,24,31)(H,25,28). The van der Waals surface area contributed by atoms with Crippen molar-refractivity contribution in [1.29, 1.82) is 0 Å². The third kappa shape index (κ3) is 4.74. The molecule has 2 aromatic carbocycles. The van der Waals surface area contributed by atoms with Gasteiger partial charge in [0.2, 0.25) is 17.7 Å². The highest BCUT2D eigenvalue weighted by molar-refractivity contribution is 6.01. The summed E-state index contributed by atoms with van der Waals surface area (Å²) in [7, 11) is 0. The molecule has 0 spiro atoms. The molecule has 8 heteroatoms. The van der Waals surface area contributed by atoms with E-state index in [4.69, 9.17) is 0 Å². The first-order chi connectivity index (χ1) is 15.0. The van der Waals surface area contributed by atoms with Gasteiger partial charge in [0.15, 0.2) is 0 Å². The summed E-state index contributed by atoms with van der Waals surface area (Å²) >= 11 is 0. The van der Waals surface area contributed by atoms with Crippen molar-refractivity contribution in [2.45, 2.75) is 25.7 Å². The van der Waals surface area contributed by atoms with E-state index in [-0.39, 0.29) is 30.2 Å². The molecule has 0 aromatic heterocycles. The summed E-state index contributed by atoms with van der Waals surface area (Å²) in [5.74, 6) is -0.564. The van der Waals surface area contributed by atoms with Crippen LogP contribution in [0.4, 0.5) is 17.1 Å². The maximum Gasteiger partial charge on any atom is 0.251 e. The lowest BCUT2D eigenvalue weighted by Gasteiger charge is -2.17. The SMILES string of the molecule is O=C(CNC(=O)c1ccc(N2CCCC2=O)cc1)Nc1cccc(N2CCCC2=O)c1. The highest BCUT2D eigenvalue weighted by Gasteiger charge is 2.23. The lowest BCUT2D eigenvalue weighted by molar-refractivity contribution is -0.117. The quantitative estimate of drug-likeness (QED) is 0.749. The predicted molar refractivity (Wildman–Crippen MR) is 117 cm³/mol. The van der Waals surface area contributed by atoms with E-state index < -0.39 is 0 Å². The molecule has 8 nitrogen and oxygen atoms in total. The molecule has 0 aliphatic carbocycles. The van der Waals surface area contributed by atoms with Crippen LogP contribution in [0.15, 0.2) is 48.5 Å². The van der Waals surface area contributed by atoms with E-state index in [0.29, 0.717) is 37.2 Å². The topological polar surface area (TPSA) is 98.8 Å². The van der Waals surface area contributed by atoms with Gasteiger partial charge in [0, 0.05) is 48.6 Å². The highest BCUT2D eigenvalue weighted by Crippen LogP contribution is 2.24. The normalized spacial score (nSPS) is 16.0. The Hall–Kier alpha value is -3.68. The van der Waals surface area contributed by atoms with E-state index >= 15 is 0 Å². The lowest BCUT2D eigenvalue weighted by Crippen LogP contribution is -2.33. The second-order valence-electron chi connectivity index (χ2n) is 7.63. The third-order valence-electron chi connectivity index (χ3n) is 5.44. The van der Waals surface area contributed by atoms with Crippen molar-refractivity contribution in [2.24, 2.45) is 0 Å². The van der Waals surface area contributed by atoms with Gasteiger partial charge >= 0.3 is 0 Å². The van der Waals surface area contributed by atoms with Crippen LogP contribution in [0.3, 0.4) is 0 Å². The Labute approximate surface area is 180 Å². The minimum Gasteiger partial charge on any atom is -0.343 e. The molecule has 2 heterocycles. The fraction of sp³-hybridized carbons (Fsp3) is 0.304. The second-order valence-corrected chi connectivity index (χ2v) is 7.63. The van der Waals surface area contributed by atoms with E-state index in [1.807, 2.05) is 6.07 Å².